The summed E-state index contributed by atoms with van der Waals surface area (Å²) in [7, 11) is 0. The van der Waals surface area contributed by atoms with E-state index in [0.29, 0.717) is 35.7 Å². The fourth-order valence-corrected chi connectivity index (χ4v) is 4.05. The van der Waals surface area contributed by atoms with Crippen LogP contribution >= 0.6 is 0 Å². The number of aromatic nitrogens is 5. The molecule has 5 aromatic rings. The normalized spacial score (nSPS) is 11.3. The number of hydrogen-bond donors (Lipinski definition) is 1. The van der Waals surface area contributed by atoms with E-state index in [1.807, 2.05) is 61.5 Å². The number of carbonyl (C=O) groups is 1. The zero-order valence-corrected chi connectivity index (χ0v) is 18.8. The third-order valence-corrected chi connectivity index (χ3v) is 5.66. The topological polar surface area (TPSA) is 108 Å². The number of para-hydroxylation sites is 1. The van der Waals surface area contributed by atoms with Gasteiger partial charge in [0.15, 0.2) is 5.82 Å². The van der Waals surface area contributed by atoms with E-state index in [4.69, 9.17) is 4.52 Å². The summed E-state index contributed by atoms with van der Waals surface area (Å²) in [5.41, 5.74) is 2.44. The zero-order valence-electron chi connectivity index (χ0n) is 18.8. The summed E-state index contributed by atoms with van der Waals surface area (Å²) < 4.78 is 8.46. The first-order chi connectivity index (χ1) is 16.6. The number of fused-ring (bicyclic) bond motifs is 3. The van der Waals surface area contributed by atoms with Crippen LogP contribution in [0.15, 0.2) is 70.2 Å². The molecular formula is C25H24N6O3. The van der Waals surface area contributed by atoms with E-state index in [0.717, 1.165) is 22.9 Å². The van der Waals surface area contributed by atoms with Crippen molar-refractivity contribution in [1.29, 1.82) is 0 Å². The lowest BCUT2D eigenvalue weighted by Crippen LogP contribution is -2.29. The van der Waals surface area contributed by atoms with E-state index in [9.17, 15) is 9.59 Å². The Hall–Kier alpha value is -4.27. The van der Waals surface area contributed by atoms with Crippen molar-refractivity contribution >= 4 is 27.8 Å². The van der Waals surface area contributed by atoms with Gasteiger partial charge in [0.1, 0.15) is 24.1 Å². The molecule has 0 aliphatic heterocycles. The van der Waals surface area contributed by atoms with Crippen molar-refractivity contribution in [2.24, 2.45) is 0 Å². The van der Waals surface area contributed by atoms with Crippen LogP contribution in [-0.4, -0.2) is 30.2 Å². The standard InChI is InChI=1S/C25H24N6O3/c1-2-8-20-28-22(34-29-20)15-30-16-27-23-18-11-6-7-12-19(18)31(24(23)25(30)33)14-21(32)26-13-17-9-4-3-5-10-17/h3-7,9-12,16H,2,8,13-15H2,1H3,(H,26,32). The smallest absolute Gasteiger partial charge is 0.278 e. The molecule has 0 spiro atoms. The summed E-state index contributed by atoms with van der Waals surface area (Å²) in [4.78, 5) is 35.2. The number of carbonyl (C=O) groups excluding carboxylic acids is 1. The average molecular weight is 457 g/mol. The summed E-state index contributed by atoms with van der Waals surface area (Å²) in [5.74, 6) is 0.765. The molecule has 1 amide bonds. The maximum atomic E-state index is 13.5. The molecule has 5 rings (SSSR count). The van der Waals surface area contributed by atoms with E-state index in [2.05, 4.69) is 20.4 Å². The molecule has 0 radical (unpaired) electrons. The van der Waals surface area contributed by atoms with Gasteiger partial charge in [0, 0.05) is 18.4 Å². The van der Waals surface area contributed by atoms with Crippen LogP contribution in [0.2, 0.25) is 0 Å². The minimum Gasteiger partial charge on any atom is -0.350 e. The van der Waals surface area contributed by atoms with Crippen molar-refractivity contribution < 1.29 is 9.32 Å². The molecule has 34 heavy (non-hydrogen) atoms. The van der Waals surface area contributed by atoms with Crippen molar-refractivity contribution in [3.63, 3.8) is 0 Å². The predicted molar refractivity (Wildman–Crippen MR) is 127 cm³/mol. The molecule has 0 atom stereocenters. The van der Waals surface area contributed by atoms with Gasteiger partial charge in [0.2, 0.25) is 11.8 Å². The zero-order chi connectivity index (χ0) is 23.5. The molecule has 2 aromatic carbocycles. The van der Waals surface area contributed by atoms with Gasteiger partial charge in [-0.05, 0) is 18.1 Å². The fourth-order valence-electron chi connectivity index (χ4n) is 4.05. The quantitative estimate of drug-likeness (QED) is 0.385. The van der Waals surface area contributed by atoms with Crippen LogP contribution in [-0.2, 0) is 30.8 Å². The van der Waals surface area contributed by atoms with E-state index < -0.39 is 0 Å². The minimum atomic E-state index is -0.271. The van der Waals surface area contributed by atoms with Gasteiger partial charge in [-0.1, -0.05) is 60.6 Å². The van der Waals surface area contributed by atoms with E-state index in [-0.39, 0.29) is 24.6 Å². The van der Waals surface area contributed by atoms with E-state index in [1.54, 1.807) is 4.57 Å². The molecule has 1 N–H and O–H groups in total. The summed E-state index contributed by atoms with van der Waals surface area (Å²) in [5, 5.41) is 7.70. The monoisotopic (exact) mass is 456 g/mol. The van der Waals surface area contributed by atoms with Crippen molar-refractivity contribution in [2.45, 2.75) is 39.4 Å². The Balaban J connectivity index is 1.49. The number of hydrogen-bond acceptors (Lipinski definition) is 6. The van der Waals surface area contributed by atoms with Crippen LogP contribution in [0.25, 0.3) is 21.9 Å². The van der Waals surface area contributed by atoms with Gasteiger partial charge < -0.3 is 14.4 Å². The number of amides is 1. The van der Waals surface area contributed by atoms with Gasteiger partial charge in [-0.2, -0.15) is 4.98 Å². The fraction of sp³-hybridized carbons (Fsp3) is 0.240. The Bertz CT molecular complexity index is 1520. The van der Waals surface area contributed by atoms with E-state index in [1.165, 1.54) is 10.9 Å². The van der Waals surface area contributed by atoms with Crippen LogP contribution in [0, 0.1) is 0 Å². The second-order valence-electron chi connectivity index (χ2n) is 8.09. The lowest BCUT2D eigenvalue weighted by molar-refractivity contribution is -0.121. The highest BCUT2D eigenvalue weighted by molar-refractivity contribution is 6.06. The SMILES string of the molecule is CCCc1noc(Cn2cnc3c4ccccc4n(CC(=O)NCc4ccccc4)c3c2=O)n1. The Labute approximate surface area is 195 Å². The maximum absolute atomic E-state index is 13.5. The predicted octanol–water partition coefficient (Wildman–Crippen LogP) is 3.05. The van der Waals surface area contributed by atoms with Crippen LogP contribution in [0.4, 0.5) is 0 Å². The van der Waals surface area contributed by atoms with Gasteiger partial charge >= 0.3 is 0 Å². The Morgan fingerprint density at radius 2 is 1.88 bits per heavy atom. The first-order valence-electron chi connectivity index (χ1n) is 11.2. The molecular weight excluding hydrogens is 432 g/mol. The highest BCUT2D eigenvalue weighted by Gasteiger charge is 2.19. The molecule has 3 heterocycles. The molecule has 172 valence electrons. The summed E-state index contributed by atoms with van der Waals surface area (Å²) in [6.07, 6.45) is 3.10. The first kappa shape index (κ1) is 21.6. The lowest BCUT2D eigenvalue weighted by Gasteiger charge is -2.09. The molecule has 0 fully saturated rings. The van der Waals surface area contributed by atoms with Gasteiger partial charge in [-0.25, -0.2) is 4.98 Å². The van der Waals surface area contributed by atoms with Gasteiger partial charge in [0.25, 0.3) is 5.56 Å². The molecule has 3 aromatic heterocycles. The number of nitrogens with zero attached hydrogens (tertiary/aromatic N) is 5. The summed E-state index contributed by atoms with van der Waals surface area (Å²) >= 11 is 0. The van der Waals surface area contributed by atoms with Crippen molar-refractivity contribution in [2.75, 3.05) is 0 Å². The second kappa shape index (κ2) is 9.30. The van der Waals surface area contributed by atoms with Crippen LogP contribution in [0.1, 0.15) is 30.6 Å². The van der Waals surface area contributed by atoms with E-state index >= 15 is 0 Å². The van der Waals surface area contributed by atoms with Crippen molar-refractivity contribution in [3.8, 4) is 0 Å². The number of benzene rings is 2. The van der Waals surface area contributed by atoms with Gasteiger partial charge in [-0.15, -0.1) is 0 Å². The largest absolute Gasteiger partial charge is 0.350 e. The molecule has 0 bridgehead atoms. The van der Waals surface area contributed by atoms with Crippen LogP contribution in [0.5, 0.6) is 0 Å². The third kappa shape index (κ3) is 4.19. The summed E-state index contributed by atoms with van der Waals surface area (Å²) in [6.45, 7) is 2.56. The van der Waals surface area contributed by atoms with Crippen LogP contribution in [0.3, 0.4) is 0 Å². The molecule has 9 heteroatoms. The molecule has 0 saturated heterocycles. The van der Waals surface area contributed by atoms with Crippen LogP contribution < -0.4 is 10.9 Å². The van der Waals surface area contributed by atoms with Crippen molar-refractivity contribution in [1.82, 2.24) is 29.6 Å². The molecule has 9 nitrogen and oxygen atoms in total. The molecule has 0 aliphatic carbocycles. The highest BCUT2D eigenvalue weighted by atomic mass is 16.5. The molecule has 0 unspecified atom stereocenters. The van der Waals surface area contributed by atoms with Gasteiger partial charge in [-0.3, -0.25) is 14.2 Å². The Morgan fingerprint density at radius 1 is 1.09 bits per heavy atom. The molecule has 0 saturated carbocycles. The number of nitrogens with one attached hydrogen (secondary N) is 1. The third-order valence-electron chi connectivity index (χ3n) is 5.66. The minimum absolute atomic E-state index is 0.00101. The summed E-state index contributed by atoms with van der Waals surface area (Å²) in [6, 6.07) is 17.3. The Morgan fingerprint density at radius 3 is 2.71 bits per heavy atom. The Kier molecular flexibility index (Phi) is 5.90. The van der Waals surface area contributed by atoms with Gasteiger partial charge in [0.05, 0.1) is 11.8 Å². The maximum Gasteiger partial charge on any atom is 0.278 e. The molecule has 0 aliphatic rings. The van der Waals surface area contributed by atoms with Crippen molar-refractivity contribution in [3.05, 3.63) is 88.6 Å². The second-order valence-corrected chi connectivity index (χ2v) is 8.09. The number of rotatable bonds is 8. The highest BCUT2D eigenvalue weighted by Crippen LogP contribution is 2.25. The number of aryl methyl sites for hydroxylation is 1. The average Bonchev–Trinajstić information content (AvgIpc) is 3.43. The first-order valence-corrected chi connectivity index (χ1v) is 11.2. The lowest BCUT2D eigenvalue weighted by atomic mass is 10.2.